The highest BCUT2D eigenvalue weighted by Crippen LogP contribution is 2.34. The van der Waals surface area contributed by atoms with Crippen molar-refractivity contribution in [1.82, 2.24) is 9.80 Å². The molecule has 4 rings (SSSR count). The Morgan fingerprint density at radius 1 is 1.12 bits per heavy atom. The lowest BCUT2D eigenvalue weighted by Crippen LogP contribution is -2.48. The predicted molar refractivity (Wildman–Crippen MR) is 136 cm³/mol. The van der Waals surface area contributed by atoms with Crippen molar-refractivity contribution in [3.05, 3.63) is 87.1 Å². The summed E-state index contributed by atoms with van der Waals surface area (Å²) in [6, 6.07) is 17.8. The Morgan fingerprint density at radius 2 is 1.91 bits per heavy atom. The third-order valence-corrected chi connectivity index (χ3v) is 7.40. The first-order valence-electron chi connectivity index (χ1n) is 11.8. The van der Waals surface area contributed by atoms with Gasteiger partial charge in [0, 0.05) is 18.0 Å². The van der Waals surface area contributed by atoms with E-state index in [4.69, 9.17) is 4.74 Å². The van der Waals surface area contributed by atoms with Crippen LogP contribution in [0.1, 0.15) is 40.1 Å². The number of carbonyl (C=O) groups excluding carboxylic acids is 2. The SMILES string of the molecule is CCN(CC(=O)N1CCc2sccc2[C@H]1COc1ccc(C)cc1C)C(=O)Cc1ccccc1. The molecule has 1 aliphatic heterocycles. The lowest BCUT2D eigenvalue weighted by Gasteiger charge is -2.37. The molecular formula is C28H32N2O3S. The highest BCUT2D eigenvalue weighted by atomic mass is 32.1. The number of aryl methyl sites for hydroxylation is 2. The van der Waals surface area contributed by atoms with E-state index in [2.05, 4.69) is 24.4 Å². The number of carbonyl (C=O) groups is 2. The van der Waals surface area contributed by atoms with Gasteiger partial charge in [0.2, 0.25) is 11.8 Å². The Labute approximate surface area is 206 Å². The highest BCUT2D eigenvalue weighted by molar-refractivity contribution is 7.10. The second kappa shape index (κ2) is 10.9. The van der Waals surface area contributed by atoms with Gasteiger partial charge in [-0.3, -0.25) is 9.59 Å². The van der Waals surface area contributed by atoms with Gasteiger partial charge in [-0.05, 0) is 61.4 Å². The second-order valence-electron chi connectivity index (χ2n) is 8.80. The number of rotatable bonds is 8. The van der Waals surface area contributed by atoms with Crippen LogP contribution in [0.4, 0.5) is 0 Å². The molecule has 2 amide bonds. The molecule has 2 aromatic carbocycles. The van der Waals surface area contributed by atoms with Crippen LogP contribution < -0.4 is 4.74 Å². The maximum absolute atomic E-state index is 13.5. The molecule has 178 valence electrons. The molecule has 0 fully saturated rings. The summed E-state index contributed by atoms with van der Waals surface area (Å²) < 4.78 is 6.23. The van der Waals surface area contributed by atoms with Crippen molar-refractivity contribution in [3.8, 4) is 5.75 Å². The molecule has 0 spiro atoms. The van der Waals surface area contributed by atoms with Crippen LogP contribution in [0.5, 0.6) is 5.75 Å². The van der Waals surface area contributed by atoms with E-state index >= 15 is 0 Å². The monoisotopic (exact) mass is 476 g/mol. The van der Waals surface area contributed by atoms with E-state index in [1.54, 1.807) is 16.2 Å². The molecule has 1 atom stereocenters. The molecule has 34 heavy (non-hydrogen) atoms. The van der Waals surface area contributed by atoms with Crippen LogP contribution >= 0.6 is 11.3 Å². The molecule has 0 saturated heterocycles. The molecule has 6 heteroatoms. The Balaban J connectivity index is 1.47. The van der Waals surface area contributed by atoms with Gasteiger partial charge in [-0.25, -0.2) is 0 Å². The van der Waals surface area contributed by atoms with E-state index in [-0.39, 0.29) is 24.4 Å². The van der Waals surface area contributed by atoms with Crippen LogP contribution in [-0.4, -0.2) is 47.9 Å². The van der Waals surface area contributed by atoms with E-state index in [9.17, 15) is 9.59 Å². The standard InChI is InChI=1S/C28H32N2O3S/c1-4-29(27(31)17-22-8-6-5-7-9-22)18-28(32)30-14-12-26-23(13-15-34-26)24(30)19-33-25-11-10-20(2)16-21(25)3/h5-11,13,15-16,24H,4,12,14,17-19H2,1-3H3/t24-/m1/s1. The minimum atomic E-state index is -0.161. The van der Waals surface area contributed by atoms with Crippen LogP contribution in [0.3, 0.4) is 0 Å². The van der Waals surface area contributed by atoms with Gasteiger partial charge in [0.15, 0.2) is 0 Å². The zero-order valence-electron chi connectivity index (χ0n) is 20.1. The highest BCUT2D eigenvalue weighted by Gasteiger charge is 2.33. The minimum Gasteiger partial charge on any atom is -0.491 e. The first-order chi connectivity index (χ1) is 16.5. The molecule has 2 heterocycles. The number of hydrogen-bond acceptors (Lipinski definition) is 4. The number of benzene rings is 2. The van der Waals surface area contributed by atoms with Crippen molar-refractivity contribution in [2.75, 3.05) is 26.2 Å². The number of fused-ring (bicyclic) bond motifs is 1. The van der Waals surface area contributed by atoms with E-state index in [0.29, 0.717) is 26.1 Å². The normalized spacial score (nSPS) is 15.0. The molecule has 0 N–H and O–H groups in total. The lowest BCUT2D eigenvalue weighted by molar-refractivity contribution is -0.142. The van der Waals surface area contributed by atoms with Crippen LogP contribution in [-0.2, 0) is 22.4 Å². The van der Waals surface area contributed by atoms with Gasteiger partial charge in [0.25, 0.3) is 0 Å². The number of amides is 2. The molecular weight excluding hydrogens is 444 g/mol. The number of likely N-dealkylation sites (N-methyl/N-ethyl adjacent to an activating group) is 1. The number of hydrogen-bond donors (Lipinski definition) is 0. The van der Waals surface area contributed by atoms with E-state index in [1.165, 1.54) is 10.4 Å². The number of thiophene rings is 1. The van der Waals surface area contributed by atoms with Gasteiger partial charge in [-0.2, -0.15) is 0 Å². The van der Waals surface area contributed by atoms with Gasteiger partial charge in [-0.15, -0.1) is 11.3 Å². The fourth-order valence-electron chi connectivity index (χ4n) is 4.52. The maximum Gasteiger partial charge on any atom is 0.242 e. The van der Waals surface area contributed by atoms with Crippen molar-refractivity contribution in [2.24, 2.45) is 0 Å². The van der Waals surface area contributed by atoms with E-state index in [1.807, 2.05) is 61.2 Å². The largest absolute Gasteiger partial charge is 0.491 e. The average Bonchev–Trinajstić information content (AvgIpc) is 3.31. The first kappa shape index (κ1) is 24.0. The first-order valence-corrected chi connectivity index (χ1v) is 12.7. The quantitative estimate of drug-likeness (QED) is 0.462. The number of ether oxygens (including phenoxy) is 1. The zero-order valence-corrected chi connectivity index (χ0v) is 20.9. The third kappa shape index (κ3) is 5.50. The van der Waals surface area contributed by atoms with Gasteiger partial charge < -0.3 is 14.5 Å². The average molecular weight is 477 g/mol. The molecule has 0 unspecified atom stereocenters. The summed E-state index contributed by atoms with van der Waals surface area (Å²) in [4.78, 5) is 31.2. The summed E-state index contributed by atoms with van der Waals surface area (Å²) in [5.41, 5.74) is 4.40. The minimum absolute atomic E-state index is 0.0293. The third-order valence-electron chi connectivity index (χ3n) is 6.40. The fraction of sp³-hybridized carbons (Fsp3) is 0.357. The summed E-state index contributed by atoms with van der Waals surface area (Å²) in [5, 5.41) is 2.09. The van der Waals surface area contributed by atoms with E-state index in [0.717, 1.165) is 28.9 Å². The Morgan fingerprint density at radius 3 is 2.65 bits per heavy atom. The second-order valence-corrected chi connectivity index (χ2v) is 9.80. The molecule has 5 nitrogen and oxygen atoms in total. The Bertz CT molecular complexity index is 1140. The Hall–Kier alpha value is -3.12. The number of nitrogens with zero attached hydrogens (tertiary/aromatic N) is 2. The van der Waals surface area contributed by atoms with Gasteiger partial charge in [-0.1, -0.05) is 48.0 Å². The summed E-state index contributed by atoms with van der Waals surface area (Å²) in [6.07, 6.45) is 1.14. The molecule has 1 aliphatic rings. The van der Waals surface area contributed by atoms with Gasteiger partial charge in [0.05, 0.1) is 19.0 Å². The molecule has 0 radical (unpaired) electrons. The van der Waals surface area contributed by atoms with Gasteiger partial charge >= 0.3 is 0 Å². The maximum atomic E-state index is 13.5. The molecule has 0 aliphatic carbocycles. The predicted octanol–water partition coefficient (Wildman–Crippen LogP) is 4.96. The van der Waals surface area contributed by atoms with Crippen LogP contribution in [0, 0.1) is 13.8 Å². The molecule has 3 aromatic rings. The smallest absolute Gasteiger partial charge is 0.242 e. The van der Waals surface area contributed by atoms with Crippen LogP contribution in [0.2, 0.25) is 0 Å². The van der Waals surface area contributed by atoms with Crippen molar-refractivity contribution in [1.29, 1.82) is 0 Å². The topological polar surface area (TPSA) is 49.9 Å². The van der Waals surface area contributed by atoms with Crippen molar-refractivity contribution >= 4 is 23.2 Å². The molecule has 0 saturated carbocycles. The van der Waals surface area contributed by atoms with Crippen LogP contribution in [0.15, 0.2) is 60.0 Å². The van der Waals surface area contributed by atoms with Crippen molar-refractivity contribution in [2.45, 2.75) is 39.7 Å². The summed E-state index contributed by atoms with van der Waals surface area (Å²) in [6.45, 7) is 7.64. The molecule has 1 aromatic heterocycles. The summed E-state index contributed by atoms with van der Waals surface area (Å²) >= 11 is 1.74. The molecule has 0 bridgehead atoms. The zero-order chi connectivity index (χ0) is 24.1. The summed E-state index contributed by atoms with van der Waals surface area (Å²) in [5.74, 6) is 0.779. The van der Waals surface area contributed by atoms with Gasteiger partial charge in [0.1, 0.15) is 12.4 Å². The fourth-order valence-corrected chi connectivity index (χ4v) is 5.45. The van der Waals surface area contributed by atoms with Crippen molar-refractivity contribution in [3.63, 3.8) is 0 Å². The lowest BCUT2D eigenvalue weighted by atomic mass is 10.00. The Kier molecular flexibility index (Phi) is 7.68. The summed E-state index contributed by atoms with van der Waals surface area (Å²) in [7, 11) is 0. The van der Waals surface area contributed by atoms with E-state index < -0.39 is 0 Å². The van der Waals surface area contributed by atoms with Crippen LogP contribution in [0.25, 0.3) is 0 Å². The van der Waals surface area contributed by atoms with Crippen molar-refractivity contribution < 1.29 is 14.3 Å².